The Kier molecular flexibility index (Phi) is 7.52. The van der Waals surface area contributed by atoms with E-state index in [0.29, 0.717) is 23.8 Å². The quantitative estimate of drug-likeness (QED) is 0.597. The van der Waals surface area contributed by atoms with Gasteiger partial charge in [-0.2, -0.15) is 0 Å². The molecular weight excluding hydrogens is 398 g/mol. The number of rotatable bonds is 8. The maximum absolute atomic E-state index is 12.8. The van der Waals surface area contributed by atoms with Gasteiger partial charge in [-0.1, -0.05) is 30.3 Å². The Labute approximate surface area is 182 Å². The second kappa shape index (κ2) is 10.3. The van der Waals surface area contributed by atoms with Gasteiger partial charge in [-0.25, -0.2) is 0 Å². The van der Waals surface area contributed by atoms with Crippen molar-refractivity contribution < 1.29 is 28.5 Å². The summed E-state index contributed by atoms with van der Waals surface area (Å²) in [6.45, 7) is 2.53. The first kappa shape index (κ1) is 22.6. The van der Waals surface area contributed by atoms with Crippen LogP contribution in [0.25, 0.3) is 0 Å². The van der Waals surface area contributed by atoms with Gasteiger partial charge in [0.05, 0.1) is 27.9 Å². The normalized spacial score (nSPS) is 19.0. The summed E-state index contributed by atoms with van der Waals surface area (Å²) in [4.78, 5) is 27.5. The van der Waals surface area contributed by atoms with Crippen LogP contribution in [0.15, 0.2) is 42.5 Å². The Bertz CT molecular complexity index is 889. The maximum atomic E-state index is 12.8. The molecular formula is C24H29NO6. The van der Waals surface area contributed by atoms with Crippen molar-refractivity contribution in [2.45, 2.75) is 38.4 Å². The number of hydrogen-bond donors (Lipinski definition) is 0. The third-order valence-electron chi connectivity index (χ3n) is 5.48. The van der Waals surface area contributed by atoms with Gasteiger partial charge in [0.1, 0.15) is 11.8 Å². The molecule has 0 spiro atoms. The summed E-state index contributed by atoms with van der Waals surface area (Å²) in [5, 5.41) is 0. The van der Waals surface area contributed by atoms with Crippen LogP contribution in [0.5, 0.6) is 17.2 Å². The molecule has 0 amide bonds. The number of carbonyl (C=O) groups excluding carboxylic acids is 2. The van der Waals surface area contributed by atoms with Gasteiger partial charge in [0.25, 0.3) is 0 Å². The number of nitrogens with zero attached hydrogens (tertiary/aromatic N) is 1. The SMILES string of the molecule is CCOC(=O)[C@@H]1CC(=O)C[C@@H](c2cc(OC)c(OC)c(OC)c2)N1Cc1ccccc1. The number of Topliss-reactive ketones (excluding diaryl/α,β-unsaturated/α-hetero) is 1. The summed E-state index contributed by atoms with van der Waals surface area (Å²) in [5.74, 6) is 1.11. The number of piperidine rings is 1. The van der Waals surface area contributed by atoms with Crippen molar-refractivity contribution in [2.75, 3.05) is 27.9 Å². The molecule has 0 aliphatic carbocycles. The van der Waals surface area contributed by atoms with Crippen molar-refractivity contribution in [3.05, 3.63) is 53.6 Å². The highest BCUT2D eigenvalue weighted by Crippen LogP contribution is 2.43. The predicted octanol–water partition coefficient (Wildman–Crippen LogP) is 3.55. The predicted molar refractivity (Wildman–Crippen MR) is 115 cm³/mol. The zero-order valence-corrected chi connectivity index (χ0v) is 18.4. The van der Waals surface area contributed by atoms with Gasteiger partial charge in [-0.3, -0.25) is 14.5 Å². The summed E-state index contributed by atoms with van der Waals surface area (Å²) in [5.41, 5.74) is 1.86. The van der Waals surface area contributed by atoms with Crippen molar-refractivity contribution >= 4 is 11.8 Å². The fourth-order valence-corrected chi connectivity index (χ4v) is 4.04. The van der Waals surface area contributed by atoms with Gasteiger partial charge in [0.15, 0.2) is 11.5 Å². The van der Waals surface area contributed by atoms with Crippen LogP contribution in [0.1, 0.15) is 36.9 Å². The number of benzene rings is 2. The minimum atomic E-state index is -0.662. The highest BCUT2D eigenvalue weighted by atomic mass is 16.5. The van der Waals surface area contributed by atoms with E-state index in [4.69, 9.17) is 18.9 Å². The number of carbonyl (C=O) groups is 2. The smallest absolute Gasteiger partial charge is 0.323 e. The Balaban J connectivity index is 2.08. The maximum Gasteiger partial charge on any atom is 0.323 e. The van der Waals surface area contributed by atoms with Crippen molar-refractivity contribution in [1.29, 1.82) is 0 Å². The third-order valence-corrected chi connectivity index (χ3v) is 5.48. The lowest BCUT2D eigenvalue weighted by molar-refractivity contribution is -0.155. The van der Waals surface area contributed by atoms with E-state index in [1.807, 2.05) is 47.4 Å². The lowest BCUT2D eigenvalue weighted by atomic mass is 9.89. The van der Waals surface area contributed by atoms with Crippen molar-refractivity contribution in [2.24, 2.45) is 0 Å². The van der Waals surface area contributed by atoms with Gasteiger partial charge in [-0.05, 0) is 30.2 Å². The zero-order valence-electron chi connectivity index (χ0n) is 18.4. The lowest BCUT2D eigenvalue weighted by Gasteiger charge is -2.40. The third kappa shape index (κ3) is 4.99. The van der Waals surface area contributed by atoms with Gasteiger partial charge in [-0.15, -0.1) is 0 Å². The van der Waals surface area contributed by atoms with E-state index in [9.17, 15) is 9.59 Å². The van der Waals surface area contributed by atoms with Gasteiger partial charge in [0.2, 0.25) is 5.75 Å². The Morgan fingerprint density at radius 3 is 2.19 bits per heavy atom. The van der Waals surface area contributed by atoms with Crippen LogP contribution < -0.4 is 14.2 Å². The first-order valence-corrected chi connectivity index (χ1v) is 10.3. The summed E-state index contributed by atoms with van der Waals surface area (Å²) in [6.07, 6.45) is 0.411. The van der Waals surface area contributed by atoms with E-state index in [1.165, 1.54) is 0 Å². The van der Waals surface area contributed by atoms with Crippen LogP contribution in [0.3, 0.4) is 0 Å². The van der Waals surface area contributed by atoms with E-state index in [1.54, 1.807) is 28.3 Å². The molecule has 3 rings (SSSR count). The highest BCUT2D eigenvalue weighted by Gasteiger charge is 2.40. The minimum Gasteiger partial charge on any atom is -0.493 e. The van der Waals surface area contributed by atoms with Crippen LogP contribution in [-0.4, -0.2) is 50.6 Å². The average molecular weight is 427 g/mol. The number of ketones is 1. The van der Waals surface area contributed by atoms with Crippen LogP contribution in [0, 0.1) is 0 Å². The standard InChI is InChI=1S/C24H29NO6/c1-5-31-24(27)20-14-18(26)13-19(25(20)15-16-9-7-6-8-10-16)17-11-21(28-2)23(30-4)22(12-17)29-3/h6-12,19-20H,5,13-15H2,1-4H3/t19-,20-/m0/s1. The molecule has 1 fully saturated rings. The molecule has 7 heteroatoms. The first-order valence-electron chi connectivity index (χ1n) is 10.3. The first-order chi connectivity index (χ1) is 15.0. The molecule has 0 radical (unpaired) electrons. The fraction of sp³-hybridized carbons (Fsp3) is 0.417. The number of methoxy groups -OCH3 is 3. The molecule has 0 saturated carbocycles. The van der Waals surface area contributed by atoms with E-state index >= 15 is 0 Å². The van der Waals surface area contributed by atoms with Crippen molar-refractivity contribution in [3.63, 3.8) is 0 Å². The Morgan fingerprint density at radius 1 is 1.00 bits per heavy atom. The van der Waals surface area contributed by atoms with E-state index < -0.39 is 6.04 Å². The summed E-state index contributed by atoms with van der Waals surface area (Å²) < 4.78 is 21.7. The molecule has 7 nitrogen and oxygen atoms in total. The minimum absolute atomic E-state index is 0.0149. The molecule has 0 bridgehead atoms. The van der Waals surface area contributed by atoms with Gasteiger partial charge < -0.3 is 18.9 Å². The molecule has 0 unspecified atom stereocenters. The van der Waals surface area contributed by atoms with Crippen LogP contribution >= 0.6 is 0 Å². The second-order valence-corrected chi connectivity index (χ2v) is 7.35. The summed E-state index contributed by atoms with van der Waals surface area (Å²) in [7, 11) is 4.65. The molecule has 2 atom stereocenters. The molecule has 1 heterocycles. The van der Waals surface area contributed by atoms with Crippen LogP contribution in [-0.2, 0) is 20.9 Å². The molecule has 1 aliphatic heterocycles. The number of hydrogen-bond acceptors (Lipinski definition) is 7. The molecule has 1 saturated heterocycles. The highest BCUT2D eigenvalue weighted by molar-refractivity contribution is 5.88. The van der Waals surface area contributed by atoms with Gasteiger partial charge in [0, 0.05) is 25.4 Å². The van der Waals surface area contributed by atoms with Crippen LogP contribution in [0.2, 0.25) is 0 Å². The average Bonchev–Trinajstić information content (AvgIpc) is 2.79. The molecule has 1 aliphatic rings. The van der Waals surface area contributed by atoms with E-state index in [0.717, 1.165) is 11.1 Å². The van der Waals surface area contributed by atoms with Crippen molar-refractivity contribution in [3.8, 4) is 17.2 Å². The lowest BCUT2D eigenvalue weighted by Crippen LogP contribution is -2.49. The topological polar surface area (TPSA) is 74.3 Å². The monoisotopic (exact) mass is 427 g/mol. The number of likely N-dealkylation sites (tertiary alicyclic amines) is 1. The largest absolute Gasteiger partial charge is 0.493 e. The summed E-state index contributed by atoms with van der Waals surface area (Å²) >= 11 is 0. The molecule has 2 aromatic carbocycles. The molecule has 0 aromatic heterocycles. The molecule has 0 N–H and O–H groups in total. The Morgan fingerprint density at radius 2 is 1.65 bits per heavy atom. The number of ether oxygens (including phenoxy) is 4. The Hall–Kier alpha value is -3.06. The number of esters is 1. The van der Waals surface area contributed by atoms with Gasteiger partial charge >= 0.3 is 5.97 Å². The molecule has 31 heavy (non-hydrogen) atoms. The fourth-order valence-electron chi connectivity index (χ4n) is 4.04. The summed E-state index contributed by atoms with van der Waals surface area (Å²) in [6, 6.07) is 12.5. The van der Waals surface area contributed by atoms with Crippen LogP contribution in [0.4, 0.5) is 0 Å². The molecule has 2 aromatic rings. The molecule has 166 valence electrons. The van der Waals surface area contributed by atoms with Crippen molar-refractivity contribution in [1.82, 2.24) is 4.90 Å². The van der Waals surface area contributed by atoms with E-state index in [-0.39, 0.29) is 37.2 Å². The second-order valence-electron chi connectivity index (χ2n) is 7.35. The van der Waals surface area contributed by atoms with E-state index in [2.05, 4.69) is 0 Å². The zero-order chi connectivity index (χ0) is 22.4.